The lowest BCUT2D eigenvalue weighted by molar-refractivity contribution is 0.0844. The molecule has 0 radical (unpaired) electrons. The fraction of sp³-hybridized carbons (Fsp3) is 0.500. The van der Waals surface area contributed by atoms with Gasteiger partial charge in [0.2, 0.25) is 0 Å². The highest BCUT2D eigenvalue weighted by Gasteiger charge is 2.29. The molecule has 9 nitrogen and oxygen atoms in total. The predicted octanol–water partition coefficient (Wildman–Crippen LogP) is 1.86. The molecular weight excluding hydrogens is 396 g/mol. The minimum atomic E-state index is -0.271. The molecule has 1 atom stereocenters. The molecule has 9 heteroatoms. The van der Waals surface area contributed by atoms with E-state index in [1.54, 1.807) is 20.2 Å². The van der Waals surface area contributed by atoms with Crippen LogP contribution in [0.15, 0.2) is 29.4 Å². The zero-order chi connectivity index (χ0) is 21.8. The molecule has 0 saturated carbocycles. The van der Waals surface area contributed by atoms with E-state index in [1.807, 2.05) is 19.2 Å². The van der Waals surface area contributed by atoms with Crippen LogP contribution in [0.1, 0.15) is 41.5 Å². The summed E-state index contributed by atoms with van der Waals surface area (Å²) in [5.41, 5.74) is 3.72. The van der Waals surface area contributed by atoms with Crippen LogP contribution in [-0.2, 0) is 11.3 Å². The SMILES string of the molecule is CNC(=O)c1cc(N2CCC(C3=NCc4ncccc43)CC2)nc(O[C@H](C)COC)n1. The van der Waals surface area contributed by atoms with Crippen LogP contribution in [0.3, 0.4) is 0 Å². The van der Waals surface area contributed by atoms with Crippen molar-refractivity contribution in [3.05, 3.63) is 41.3 Å². The Balaban J connectivity index is 1.49. The lowest BCUT2D eigenvalue weighted by Crippen LogP contribution is -2.37. The minimum Gasteiger partial charge on any atom is -0.458 e. The summed E-state index contributed by atoms with van der Waals surface area (Å²) in [6.07, 6.45) is 3.52. The van der Waals surface area contributed by atoms with Gasteiger partial charge >= 0.3 is 6.01 Å². The van der Waals surface area contributed by atoms with Crippen LogP contribution in [0, 0.1) is 5.92 Å². The van der Waals surface area contributed by atoms with Crippen molar-refractivity contribution in [1.82, 2.24) is 20.3 Å². The third-order valence-corrected chi connectivity index (χ3v) is 5.63. The largest absolute Gasteiger partial charge is 0.458 e. The molecule has 0 unspecified atom stereocenters. The molecule has 1 fully saturated rings. The summed E-state index contributed by atoms with van der Waals surface area (Å²) in [6.45, 7) is 4.59. The molecule has 1 saturated heterocycles. The van der Waals surface area contributed by atoms with Gasteiger partial charge in [0.25, 0.3) is 5.91 Å². The number of hydrogen-bond donors (Lipinski definition) is 1. The Labute approximate surface area is 181 Å². The van der Waals surface area contributed by atoms with Gasteiger partial charge in [-0.05, 0) is 31.9 Å². The lowest BCUT2D eigenvalue weighted by atomic mass is 9.88. The van der Waals surface area contributed by atoms with Crippen LogP contribution in [0.5, 0.6) is 6.01 Å². The second-order valence-corrected chi connectivity index (χ2v) is 7.82. The first-order valence-corrected chi connectivity index (χ1v) is 10.6. The summed E-state index contributed by atoms with van der Waals surface area (Å²) in [5.74, 6) is 0.827. The maximum atomic E-state index is 12.2. The standard InChI is InChI=1S/C22H28N6O3/c1-14(13-30-3)31-22-26-17(21(29)23-2)11-19(27-22)28-9-6-15(7-10-28)20-16-5-4-8-24-18(16)12-25-20/h4-5,8,11,14-15H,6-7,9-10,12-13H2,1-3H3,(H,23,29)/t14-/m1/s1. The lowest BCUT2D eigenvalue weighted by Gasteiger charge is -2.33. The van der Waals surface area contributed by atoms with Gasteiger partial charge in [-0.15, -0.1) is 0 Å². The fourth-order valence-corrected chi connectivity index (χ4v) is 4.09. The summed E-state index contributed by atoms with van der Waals surface area (Å²) in [7, 11) is 3.19. The van der Waals surface area contributed by atoms with Gasteiger partial charge in [-0.3, -0.25) is 14.8 Å². The molecule has 1 N–H and O–H groups in total. The maximum Gasteiger partial charge on any atom is 0.319 e. The topological polar surface area (TPSA) is 102 Å². The van der Waals surface area contributed by atoms with Crippen LogP contribution >= 0.6 is 0 Å². The van der Waals surface area contributed by atoms with Crippen molar-refractivity contribution in [1.29, 1.82) is 0 Å². The molecule has 31 heavy (non-hydrogen) atoms. The van der Waals surface area contributed by atoms with Gasteiger partial charge in [0, 0.05) is 56.7 Å². The molecule has 4 rings (SSSR count). The zero-order valence-electron chi connectivity index (χ0n) is 18.2. The van der Waals surface area contributed by atoms with Gasteiger partial charge in [0.05, 0.1) is 18.8 Å². The van der Waals surface area contributed by atoms with E-state index in [0.29, 0.717) is 24.9 Å². The summed E-state index contributed by atoms with van der Waals surface area (Å²) < 4.78 is 10.9. The molecule has 4 heterocycles. The Kier molecular flexibility index (Phi) is 6.41. The summed E-state index contributed by atoms with van der Waals surface area (Å²) in [4.78, 5) is 32.5. The van der Waals surface area contributed by atoms with Crippen molar-refractivity contribution < 1.29 is 14.3 Å². The maximum absolute atomic E-state index is 12.2. The smallest absolute Gasteiger partial charge is 0.319 e. The van der Waals surface area contributed by atoms with Crippen molar-refractivity contribution >= 4 is 17.4 Å². The Hall–Kier alpha value is -3.07. The first kappa shape index (κ1) is 21.2. The first-order valence-electron chi connectivity index (χ1n) is 10.6. The van der Waals surface area contributed by atoms with E-state index in [9.17, 15) is 4.79 Å². The van der Waals surface area contributed by atoms with Crippen molar-refractivity contribution in [2.75, 3.05) is 38.8 Å². The normalized spacial score (nSPS) is 17.1. The predicted molar refractivity (Wildman–Crippen MR) is 117 cm³/mol. The van der Waals surface area contributed by atoms with Crippen LogP contribution in [0.25, 0.3) is 0 Å². The quantitative estimate of drug-likeness (QED) is 0.724. The van der Waals surface area contributed by atoms with E-state index in [2.05, 4.69) is 31.2 Å². The molecule has 2 aliphatic heterocycles. The highest BCUT2D eigenvalue weighted by molar-refractivity contribution is 6.04. The Bertz CT molecular complexity index is 971. The van der Waals surface area contributed by atoms with E-state index in [1.165, 1.54) is 11.3 Å². The number of amides is 1. The highest BCUT2D eigenvalue weighted by Crippen LogP contribution is 2.30. The van der Waals surface area contributed by atoms with E-state index in [0.717, 1.165) is 31.6 Å². The molecule has 1 amide bonds. The van der Waals surface area contributed by atoms with Gasteiger partial charge in [-0.25, -0.2) is 0 Å². The number of pyridine rings is 1. The van der Waals surface area contributed by atoms with Gasteiger partial charge in [0.15, 0.2) is 0 Å². The third kappa shape index (κ3) is 4.66. The molecular formula is C22H28N6O3. The number of hydrogen-bond acceptors (Lipinski definition) is 8. The van der Waals surface area contributed by atoms with Crippen molar-refractivity contribution in [3.8, 4) is 6.01 Å². The average molecular weight is 425 g/mol. The molecule has 2 aromatic rings. The zero-order valence-corrected chi connectivity index (χ0v) is 18.2. The van der Waals surface area contributed by atoms with Gasteiger partial charge in [-0.1, -0.05) is 0 Å². The second-order valence-electron chi connectivity index (χ2n) is 7.82. The van der Waals surface area contributed by atoms with Crippen LogP contribution in [0.4, 0.5) is 5.82 Å². The number of carbonyl (C=O) groups is 1. The van der Waals surface area contributed by atoms with Crippen LogP contribution < -0.4 is 15.0 Å². The van der Waals surface area contributed by atoms with E-state index < -0.39 is 0 Å². The minimum absolute atomic E-state index is 0.183. The Morgan fingerprint density at radius 3 is 2.87 bits per heavy atom. The van der Waals surface area contributed by atoms with Gasteiger partial charge in [0.1, 0.15) is 17.6 Å². The monoisotopic (exact) mass is 424 g/mol. The number of carbonyl (C=O) groups excluding carboxylic acids is 1. The van der Waals surface area contributed by atoms with Gasteiger partial charge in [-0.2, -0.15) is 9.97 Å². The molecule has 0 spiro atoms. The van der Waals surface area contributed by atoms with Crippen molar-refractivity contribution in [3.63, 3.8) is 0 Å². The number of aromatic nitrogens is 3. The van der Waals surface area contributed by atoms with E-state index >= 15 is 0 Å². The summed E-state index contributed by atoms with van der Waals surface area (Å²) in [5, 5.41) is 2.62. The number of methoxy groups -OCH3 is 1. The number of nitrogens with one attached hydrogen (secondary N) is 1. The molecule has 2 aromatic heterocycles. The van der Waals surface area contributed by atoms with Crippen LogP contribution in [0.2, 0.25) is 0 Å². The highest BCUT2D eigenvalue weighted by atomic mass is 16.5. The van der Waals surface area contributed by atoms with Crippen LogP contribution in [-0.4, -0.2) is 66.5 Å². The van der Waals surface area contributed by atoms with Crippen molar-refractivity contribution in [2.24, 2.45) is 10.9 Å². The first-order chi connectivity index (χ1) is 15.1. The average Bonchev–Trinajstić information content (AvgIpc) is 3.23. The number of rotatable bonds is 7. The summed E-state index contributed by atoms with van der Waals surface area (Å²) >= 11 is 0. The third-order valence-electron chi connectivity index (χ3n) is 5.63. The molecule has 0 bridgehead atoms. The number of piperidine rings is 1. The van der Waals surface area contributed by atoms with E-state index in [4.69, 9.17) is 14.5 Å². The Morgan fingerprint density at radius 1 is 1.32 bits per heavy atom. The number of fused-ring (bicyclic) bond motifs is 1. The molecule has 0 aliphatic carbocycles. The molecule has 164 valence electrons. The number of nitrogens with zero attached hydrogens (tertiary/aromatic N) is 5. The summed E-state index contributed by atoms with van der Waals surface area (Å²) in [6, 6.07) is 6.00. The number of anilines is 1. The second kappa shape index (κ2) is 9.38. The fourth-order valence-electron chi connectivity index (χ4n) is 4.09. The van der Waals surface area contributed by atoms with Gasteiger partial charge < -0.3 is 19.7 Å². The number of aliphatic imine (C=N–C) groups is 1. The molecule has 2 aliphatic rings. The van der Waals surface area contributed by atoms with Crippen molar-refractivity contribution in [2.45, 2.75) is 32.4 Å². The molecule has 0 aromatic carbocycles. The number of ether oxygens (including phenoxy) is 2. The van der Waals surface area contributed by atoms with E-state index in [-0.39, 0.29) is 23.7 Å². The Morgan fingerprint density at radius 2 is 2.13 bits per heavy atom.